The van der Waals surface area contributed by atoms with Crippen LogP contribution in [0.5, 0.6) is 11.5 Å². The Kier molecular flexibility index (Phi) is 5.17. The number of ether oxygens (including phenoxy) is 2. The van der Waals surface area contributed by atoms with E-state index in [4.69, 9.17) is 9.47 Å². The number of hydrogen-bond acceptors (Lipinski definition) is 7. The van der Waals surface area contributed by atoms with Gasteiger partial charge in [0, 0.05) is 11.8 Å². The summed E-state index contributed by atoms with van der Waals surface area (Å²) in [6, 6.07) is 11.6. The predicted octanol–water partition coefficient (Wildman–Crippen LogP) is 3.99. The molecule has 0 amide bonds. The van der Waals surface area contributed by atoms with Crippen LogP contribution in [0.2, 0.25) is 0 Å². The molecule has 0 atom stereocenters. The van der Waals surface area contributed by atoms with Gasteiger partial charge in [-0.25, -0.2) is 0 Å². The van der Waals surface area contributed by atoms with Crippen LogP contribution in [-0.2, 0) is 0 Å². The fraction of sp³-hybridized carbons (Fsp3) is 0.211. The summed E-state index contributed by atoms with van der Waals surface area (Å²) in [4.78, 5) is 4.48. The number of aromatic nitrogens is 3. The highest BCUT2D eigenvalue weighted by molar-refractivity contribution is 5.67. The van der Waals surface area contributed by atoms with Crippen LogP contribution in [0.1, 0.15) is 11.1 Å². The van der Waals surface area contributed by atoms with Gasteiger partial charge in [-0.15, -0.1) is 5.10 Å². The van der Waals surface area contributed by atoms with Crippen LogP contribution in [0.25, 0.3) is 0 Å². The molecule has 0 aliphatic rings. The van der Waals surface area contributed by atoms with Crippen molar-refractivity contribution >= 4 is 23.1 Å². The lowest BCUT2D eigenvalue weighted by Crippen LogP contribution is -2.05. The van der Waals surface area contributed by atoms with Crippen molar-refractivity contribution in [1.82, 2.24) is 15.2 Å². The Morgan fingerprint density at radius 2 is 1.69 bits per heavy atom. The molecule has 26 heavy (non-hydrogen) atoms. The highest BCUT2D eigenvalue weighted by atomic mass is 16.5. The Hall–Kier alpha value is -3.35. The van der Waals surface area contributed by atoms with Gasteiger partial charge >= 0.3 is 0 Å². The van der Waals surface area contributed by atoms with Gasteiger partial charge in [-0.2, -0.15) is 10.1 Å². The van der Waals surface area contributed by atoms with Gasteiger partial charge in [-0.1, -0.05) is 18.2 Å². The van der Waals surface area contributed by atoms with E-state index in [1.807, 2.05) is 50.2 Å². The lowest BCUT2D eigenvalue weighted by Gasteiger charge is -2.13. The maximum Gasteiger partial charge on any atom is 0.249 e. The number of nitrogens with one attached hydrogen (secondary N) is 2. The molecule has 0 saturated heterocycles. The number of hydrogen-bond donors (Lipinski definition) is 2. The summed E-state index contributed by atoms with van der Waals surface area (Å²) in [6.07, 6.45) is 1.55. The van der Waals surface area contributed by atoms with Gasteiger partial charge in [0.2, 0.25) is 5.95 Å². The second-order valence-electron chi connectivity index (χ2n) is 5.75. The second-order valence-corrected chi connectivity index (χ2v) is 5.75. The van der Waals surface area contributed by atoms with E-state index in [-0.39, 0.29) is 0 Å². The van der Waals surface area contributed by atoms with Gasteiger partial charge in [-0.05, 0) is 37.1 Å². The van der Waals surface area contributed by atoms with Crippen molar-refractivity contribution in [3.63, 3.8) is 0 Å². The molecule has 7 nitrogen and oxygen atoms in total. The molecule has 0 bridgehead atoms. The minimum atomic E-state index is 0.411. The Morgan fingerprint density at radius 3 is 2.38 bits per heavy atom. The molecule has 3 aromatic rings. The van der Waals surface area contributed by atoms with Crippen LogP contribution < -0.4 is 20.1 Å². The van der Waals surface area contributed by atoms with Crippen molar-refractivity contribution in [3.05, 3.63) is 53.7 Å². The number of methoxy groups -OCH3 is 2. The summed E-state index contributed by atoms with van der Waals surface area (Å²) < 4.78 is 10.6. The van der Waals surface area contributed by atoms with E-state index in [0.29, 0.717) is 23.3 Å². The topological polar surface area (TPSA) is 81.2 Å². The maximum absolute atomic E-state index is 5.38. The number of aryl methyl sites for hydroxylation is 2. The summed E-state index contributed by atoms with van der Waals surface area (Å²) in [5.41, 5.74) is 3.93. The van der Waals surface area contributed by atoms with Crippen LogP contribution in [0.4, 0.5) is 23.1 Å². The molecule has 3 rings (SSSR count). The van der Waals surface area contributed by atoms with Gasteiger partial charge in [0.25, 0.3) is 0 Å². The zero-order chi connectivity index (χ0) is 18.5. The summed E-state index contributed by atoms with van der Waals surface area (Å²) in [7, 11) is 3.23. The first kappa shape index (κ1) is 17.5. The SMILES string of the molecule is COc1ccc(OC)c(Nc2cnnc(Nc3c(C)cccc3C)n2)c1. The number of anilines is 4. The molecule has 0 fully saturated rings. The van der Waals surface area contributed by atoms with Crippen molar-refractivity contribution in [2.24, 2.45) is 0 Å². The van der Waals surface area contributed by atoms with Gasteiger partial charge in [0.05, 0.1) is 26.1 Å². The molecule has 0 unspecified atom stereocenters. The Labute approximate surface area is 152 Å². The zero-order valence-electron chi connectivity index (χ0n) is 15.2. The van der Waals surface area contributed by atoms with Gasteiger partial charge in [0.15, 0.2) is 5.82 Å². The Bertz CT molecular complexity index is 894. The van der Waals surface area contributed by atoms with E-state index >= 15 is 0 Å². The van der Waals surface area contributed by atoms with E-state index < -0.39 is 0 Å². The first-order valence-corrected chi connectivity index (χ1v) is 8.12. The molecule has 7 heteroatoms. The number of benzene rings is 2. The first-order chi connectivity index (χ1) is 12.6. The van der Waals surface area contributed by atoms with Crippen LogP contribution in [0, 0.1) is 13.8 Å². The zero-order valence-corrected chi connectivity index (χ0v) is 15.2. The molecule has 2 aromatic carbocycles. The average molecular weight is 351 g/mol. The number of rotatable bonds is 6. The van der Waals surface area contributed by atoms with E-state index in [2.05, 4.69) is 25.8 Å². The maximum atomic E-state index is 5.38. The molecule has 0 radical (unpaired) electrons. The van der Waals surface area contributed by atoms with Gasteiger partial charge in [0.1, 0.15) is 11.5 Å². The minimum absolute atomic E-state index is 0.411. The number of para-hydroxylation sites is 1. The Balaban J connectivity index is 1.86. The predicted molar refractivity (Wildman–Crippen MR) is 102 cm³/mol. The molecule has 1 heterocycles. The summed E-state index contributed by atoms with van der Waals surface area (Å²) >= 11 is 0. The summed E-state index contributed by atoms with van der Waals surface area (Å²) in [5, 5.41) is 14.5. The van der Waals surface area contributed by atoms with Crippen molar-refractivity contribution in [2.75, 3.05) is 24.9 Å². The van der Waals surface area contributed by atoms with Crippen molar-refractivity contribution in [1.29, 1.82) is 0 Å². The molecule has 0 aliphatic heterocycles. The smallest absolute Gasteiger partial charge is 0.249 e. The summed E-state index contributed by atoms with van der Waals surface area (Å²) in [6.45, 7) is 4.07. The summed E-state index contributed by atoms with van der Waals surface area (Å²) in [5.74, 6) is 2.34. The van der Waals surface area contributed by atoms with Gasteiger partial charge < -0.3 is 20.1 Å². The lowest BCUT2D eigenvalue weighted by molar-refractivity contribution is 0.405. The third-order valence-corrected chi connectivity index (χ3v) is 3.95. The molecular formula is C19H21N5O2. The van der Waals surface area contributed by atoms with Crippen molar-refractivity contribution in [2.45, 2.75) is 13.8 Å². The molecular weight excluding hydrogens is 330 g/mol. The molecule has 1 aromatic heterocycles. The fourth-order valence-corrected chi connectivity index (χ4v) is 2.59. The van der Waals surface area contributed by atoms with Crippen LogP contribution >= 0.6 is 0 Å². The number of nitrogens with zero attached hydrogens (tertiary/aromatic N) is 3. The Morgan fingerprint density at radius 1 is 0.923 bits per heavy atom. The van der Waals surface area contributed by atoms with E-state index in [0.717, 1.165) is 22.5 Å². The van der Waals surface area contributed by atoms with E-state index in [9.17, 15) is 0 Å². The third-order valence-electron chi connectivity index (χ3n) is 3.95. The molecule has 2 N–H and O–H groups in total. The van der Waals surface area contributed by atoms with Crippen molar-refractivity contribution < 1.29 is 9.47 Å². The second kappa shape index (κ2) is 7.69. The lowest BCUT2D eigenvalue weighted by atomic mass is 10.1. The highest BCUT2D eigenvalue weighted by Crippen LogP contribution is 2.31. The van der Waals surface area contributed by atoms with Crippen LogP contribution in [0.15, 0.2) is 42.6 Å². The molecule has 0 saturated carbocycles. The largest absolute Gasteiger partial charge is 0.497 e. The van der Waals surface area contributed by atoms with E-state index in [1.165, 1.54) is 0 Å². The average Bonchev–Trinajstić information content (AvgIpc) is 2.65. The van der Waals surface area contributed by atoms with Crippen molar-refractivity contribution in [3.8, 4) is 11.5 Å². The van der Waals surface area contributed by atoms with E-state index in [1.54, 1.807) is 20.4 Å². The third kappa shape index (κ3) is 3.83. The first-order valence-electron chi connectivity index (χ1n) is 8.12. The molecule has 0 spiro atoms. The fourth-order valence-electron chi connectivity index (χ4n) is 2.59. The van der Waals surface area contributed by atoms with Gasteiger partial charge in [-0.3, -0.25) is 0 Å². The molecule has 0 aliphatic carbocycles. The van der Waals surface area contributed by atoms with Crippen LogP contribution in [-0.4, -0.2) is 29.4 Å². The highest BCUT2D eigenvalue weighted by Gasteiger charge is 2.09. The van der Waals surface area contributed by atoms with Crippen LogP contribution in [0.3, 0.4) is 0 Å². The quantitative estimate of drug-likeness (QED) is 0.695. The molecule has 134 valence electrons. The minimum Gasteiger partial charge on any atom is -0.497 e. The normalized spacial score (nSPS) is 10.3. The standard InChI is InChI=1S/C19H21N5O2/c1-12-6-5-7-13(2)18(12)23-19-22-17(11-20-24-19)21-15-10-14(25-3)8-9-16(15)26-4/h5-11H,1-4H3,(H2,21,22,23,24). The monoisotopic (exact) mass is 351 g/mol.